The first-order valence-corrected chi connectivity index (χ1v) is 10.2. The lowest BCUT2D eigenvalue weighted by molar-refractivity contribution is -0.185. The first-order valence-electron chi connectivity index (χ1n) is 10.2. The fraction of sp³-hybridized carbons (Fsp3) is 0.111. The summed E-state index contributed by atoms with van der Waals surface area (Å²) in [6, 6.07) is 17.6. The van der Waals surface area contributed by atoms with Crippen molar-refractivity contribution in [1.29, 1.82) is 0 Å². The van der Waals surface area contributed by atoms with Crippen LogP contribution in [0.4, 0.5) is 8.78 Å². The summed E-state index contributed by atoms with van der Waals surface area (Å²) >= 11 is 0. The van der Waals surface area contributed by atoms with E-state index < -0.39 is 18.0 Å². The summed E-state index contributed by atoms with van der Waals surface area (Å²) in [6.45, 7) is 10.1. The molecule has 174 valence electrons. The maximum absolute atomic E-state index is 14.7. The minimum Gasteiger partial charge on any atom is -0.429 e. The Morgan fingerprint density at radius 2 is 1.00 bits per heavy atom. The highest BCUT2D eigenvalue weighted by atomic mass is 19.3. The van der Waals surface area contributed by atoms with E-state index in [0.717, 1.165) is 5.56 Å². The summed E-state index contributed by atoms with van der Waals surface area (Å²) < 4.78 is 44.3. The van der Waals surface area contributed by atoms with E-state index in [2.05, 4.69) is 13.2 Å². The highest BCUT2D eigenvalue weighted by Crippen LogP contribution is 2.34. The Labute approximate surface area is 195 Å². The Morgan fingerprint density at radius 3 is 1.41 bits per heavy atom. The molecule has 0 aromatic heterocycles. The molecular weight excluding hydrogens is 442 g/mol. The van der Waals surface area contributed by atoms with Crippen molar-refractivity contribution in [3.8, 4) is 28.4 Å². The largest absolute Gasteiger partial charge is 0.429 e. The van der Waals surface area contributed by atoms with Crippen molar-refractivity contribution in [1.82, 2.24) is 0 Å². The second-order valence-electron chi connectivity index (χ2n) is 7.53. The van der Waals surface area contributed by atoms with E-state index >= 15 is 0 Å². The van der Waals surface area contributed by atoms with Gasteiger partial charge in [-0.05, 0) is 73.5 Å². The molecule has 3 rings (SSSR count). The molecule has 0 N–H and O–H groups in total. The van der Waals surface area contributed by atoms with Crippen molar-refractivity contribution in [2.24, 2.45) is 0 Å². The second kappa shape index (κ2) is 10.1. The fourth-order valence-corrected chi connectivity index (χ4v) is 2.74. The van der Waals surface area contributed by atoms with Gasteiger partial charge in [-0.3, -0.25) is 0 Å². The van der Waals surface area contributed by atoms with Gasteiger partial charge in [0.2, 0.25) is 0 Å². The minimum atomic E-state index is -3.59. The van der Waals surface area contributed by atoms with Crippen LogP contribution in [-0.2, 0) is 15.7 Å². The van der Waals surface area contributed by atoms with Gasteiger partial charge in [0.05, 0.1) is 5.56 Å². The van der Waals surface area contributed by atoms with Gasteiger partial charge in [0.15, 0.2) is 0 Å². The molecule has 0 heterocycles. The molecule has 0 unspecified atom stereocenters. The molecule has 0 amide bonds. The molecule has 3 aromatic carbocycles. The van der Waals surface area contributed by atoms with Crippen LogP contribution in [0.1, 0.15) is 19.4 Å². The third-order valence-electron chi connectivity index (χ3n) is 4.60. The van der Waals surface area contributed by atoms with Crippen molar-refractivity contribution in [2.45, 2.75) is 20.0 Å². The predicted molar refractivity (Wildman–Crippen MR) is 124 cm³/mol. The van der Waals surface area contributed by atoms with E-state index in [0.29, 0.717) is 11.3 Å². The Morgan fingerprint density at radius 1 is 0.647 bits per heavy atom. The Balaban J connectivity index is 1.67. The summed E-state index contributed by atoms with van der Waals surface area (Å²) in [6.07, 6.45) is -3.59. The van der Waals surface area contributed by atoms with Crippen LogP contribution in [-0.4, -0.2) is 11.9 Å². The number of halogens is 2. The summed E-state index contributed by atoms with van der Waals surface area (Å²) in [5.74, 6) is -0.685. The molecule has 0 aliphatic heterocycles. The normalized spacial score (nSPS) is 10.8. The smallest absolute Gasteiger partial charge is 0.426 e. The average Bonchev–Trinajstić information content (AvgIpc) is 2.80. The number of alkyl halides is 2. The molecule has 3 aromatic rings. The van der Waals surface area contributed by atoms with E-state index in [1.54, 1.807) is 43.3 Å². The van der Waals surface area contributed by atoms with Crippen molar-refractivity contribution in [2.75, 3.05) is 0 Å². The predicted octanol–water partition coefficient (Wildman–Crippen LogP) is 6.44. The summed E-state index contributed by atoms with van der Waals surface area (Å²) in [4.78, 5) is 23.1. The standard InChI is InChI=1S/C27H22F2O5/c1-17(2)25(30)32-22-11-7-20(8-12-22)19-5-9-21(10-6-19)27(28,29)34-24-15-13-23(14-16-24)33-26(31)18(3)4/h5-16H,1,3H2,2,4H3. The fourth-order valence-electron chi connectivity index (χ4n) is 2.74. The van der Waals surface area contributed by atoms with Crippen LogP contribution in [0.25, 0.3) is 11.1 Å². The van der Waals surface area contributed by atoms with Crippen LogP contribution >= 0.6 is 0 Å². The van der Waals surface area contributed by atoms with Gasteiger partial charge in [0.1, 0.15) is 17.2 Å². The number of hydrogen-bond donors (Lipinski definition) is 0. The maximum atomic E-state index is 14.7. The van der Waals surface area contributed by atoms with Crippen LogP contribution in [0.15, 0.2) is 97.1 Å². The van der Waals surface area contributed by atoms with Crippen molar-refractivity contribution >= 4 is 11.9 Å². The number of benzene rings is 3. The molecule has 0 bridgehead atoms. The zero-order valence-corrected chi connectivity index (χ0v) is 18.6. The number of carbonyl (C=O) groups excluding carboxylic acids is 2. The van der Waals surface area contributed by atoms with Gasteiger partial charge in [-0.1, -0.05) is 37.4 Å². The Kier molecular flexibility index (Phi) is 7.26. The summed E-state index contributed by atoms with van der Waals surface area (Å²) in [5.41, 5.74) is 1.62. The lowest BCUT2D eigenvalue weighted by Crippen LogP contribution is -2.21. The maximum Gasteiger partial charge on any atom is 0.426 e. The van der Waals surface area contributed by atoms with Crippen LogP contribution in [0, 0.1) is 0 Å². The Bertz CT molecular complexity index is 1210. The lowest BCUT2D eigenvalue weighted by Gasteiger charge is -2.19. The van der Waals surface area contributed by atoms with Gasteiger partial charge in [-0.2, -0.15) is 8.78 Å². The molecule has 0 aliphatic carbocycles. The highest BCUT2D eigenvalue weighted by molar-refractivity contribution is 5.89. The van der Waals surface area contributed by atoms with Gasteiger partial charge < -0.3 is 14.2 Å². The first kappa shape index (κ1) is 24.4. The third kappa shape index (κ3) is 6.16. The molecule has 7 heteroatoms. The van der Waals surface area contributed by atoms with Gasteiger partial charge in [-0.25, -0.2) is 9.59 Å². The van der Waals surface area contributed by atoms with Crippen LogP contribution in [0.2, 0.25) is 0 Å². The van der Waals surface area contributed by atoms with E-state index in [9.17, 15) is 18.4 Å². The molecule has 0 spiro atoms. The van der Waals surface area contributed by atoms with E-state index in [4.69, 9.17) is 14.2 Å². The SMILES string of the molecule is C=C(C)C(=O)Oc1ccc(OC(F)(F)c2ccc(-c3ccc(OC(=O)C(=C)C)cc3)cc2)cc1. The second-order valence-corrected chi connectivity index (χ2v) is 7.53. The van der Waals surface area contributed by atoms with Crippen molar-refractivity contribution < 1.29 is 32.6 Å². The molecule has 0 radical (unpaired) electrons. The van der Waals surface area contributed by atoms with E-state index in [1.165, 1.54) is 43.3 Å². The van der Waals surface area contributed by atoms with E-state index in [-0.39, 0.29) is 28.2 Å². The number of rotatable bonds is 8. The minimum absolute atomic E-state index is 0.0934. The number of carbonyl (C=O) groups is 2. The molecule has 0 atom stereocenters. The van der Waals surface area contributed by atoms with Crippen LogP contribution in [0.5, 0.6) is 17.2 Å². The van der Waals surface area contributed by atoms with Gasteiger partial charge in [0.25, 0.3) is 0 Å². The van der Waals surface area contributed by atoms with Crippen molar-refractivity contribution in [3.63, 3.8) is 0 Å². The quantitative estimate of drug-likeness (QED) is 0.218. The molecule has 34 heavy (non-hydrogen) atoms. The van der Waals surface area contributed by atoms with E-state index in [1.807, 2.05) is 0 Å². The monoisotopic (exact) mass is 464 g/mol. The average molecular weight is 464 g/mol. The topological polar surface area (TPSA) is 61.8 Å². The third-order valence-corrected chi connectivity index (χ3v) is 4.60. The highest BCUT2D eigenvalue weighted by Gasteiger charge is 2.34. The molecule has 0 fully saturated rings. The molecule has 0 saturated carbocycles. The number of esters is 2. The first-order chi connectivity index (χ1) is 16.0. The molecule has 0 aliphatic rings. The van der Waals surface area contributed by atoms with Gasteiger partial charge >= 0.3 is 18.0 Å². The molecule has 0 saturated heterocycles. The lowest BCUT2D eigenvalue weighted by atomic mass is 10.0. The number of ether oxygens (including phenoxy) is 3. The van der Waals surface area contributed by atoms with Gasteiger partial charge in [0, 0.05) is 11.1 Å². The number of hydrogen-bond acceptors (Lipinski definition) is 5. The summed E-state index contributed by atoms with van der Waals surface area (Å²) in [5, 5.41) is 0. The Hall–Kier alpha value is -4.26. The van der Waals surface area contributed by atoms with Crippen molar-refractivity contribution in [3.05, 3.63) is 103 Å². The summed E-state index contributed by atoms with van der Waals surface area (Å²) in [7, 11) is 0. The molecule has 5 nitrogen and oxygen atoms in total. The zero-order chi connectivity index (χ0) is 24.9. The van der Waals surface area contributed by atoms with Crippen LogP contribution in [0.3, 0.4) is 0 Å². The van der Waals surface area contributed by atoms with Gasteiger partial charge in [-0.15, -0.1) is 0 Å². The van der Waals surface area contributed by atoms with Crippen LogP contribution < -0.4 is 14.2 Å². The molecular formula is C27H22F2O5. The zero-order valence-electron chi connectivity index (χ0n) is 18.6.